The van der Waals surface area contributed by atoms with Crippen LogP contribution in [0.15, 0.2) is 18.2 Å². The number of ether oxygens (including phenoxy) is 1. The normalized spacial score (nSPS) is 24.6. The van der Waals surface area contributed by atoms with Gasteiger partial charge in [0.1, 0.15) is 5.75 Å². The van der Waals surface area contributed by atoms with Crippen LogP contribution in [0.2, 0.25) is 0 Å². The molecule has 1 aliphatic rings. The van der Waals surface area contributed by atoms with Crippen LogP contribution in [0.25, 0.3) is 0 Å². The zero-order valence-corrected chi connectivity index (χ0v) is 11.5. The highest BCUT2D eigenvalue weighted by Gasteiger charge is 2.21. The summed E-state index contributed by atoms with van der Waals surface area (Å²) in [5.41, 5.74) is 2.31. The third-order valence-corrected chi connectivity index (χ3v) is 3.90. The zero-order chi connectivity index (χ0) is 12.3. The van der Waals surface area contributed by atoms with Crippen LogP contribution in [-0.4, -0.2) is 6.10 Å². The molecule has 94 valence electrons. The first kappa shape index (κ1) is 12.8. The average molecular weight is 253 g/mol. The second-order valence-corrected chi connectivity index (χ2v) is 5.48. The standard InChI is InChI=1S/C15H21ClO/c1-11-5-3-8-14(9-11)17-15-12(2)6-4-7-13(15)10-16/h4,6-7,11,14H,3,5,8-10H2,1-2H3. The molecule has 1 aromatic rings. The molecule has 2 unspecified atom stereocenters. The first-order valence-corrected chi connectivity index (χ1v) is 7.05. The number of hydrogen-bond acceptors (Lipinski definition) is 1. The topological polar surface area (TPSA) is 9.23 Å². The largest absolute Gasteiger partial charge is 0.490 e. The summed E-state index contributed by atoms with van der Waals surface area (Å²) in [6, 6.07) is 6.20. The van der Waals surface area contributed by atoms with Gasteiger partial charge in [-0.3, -0.25) is 0 Å². The monoisotopic (exact) mass is 252 g/mol. The zero-order valence-electron chi connectivity index (χ0n) is 10.7. The van der Waals surface area contributed by atoms with E-state index < -0.39 is 0 Å². The van der Waals surface area contributed by atoms with Crippen LogP contribution in [0.1, 0.15) is 43.7 Å². The Kier molecular flexibility index (Phi) is 4.33. The number of halogens is 1. The average Bonchev–Trinajstić information content (AvgIpc) is 2.32. The van der Waals surface area contributed by atoms with E-state index in [2.05, 4.69) is 26.0 Å². The van der Waals surface area contributed by atoms with Crippen LogP contribution in [0.3, 0.4) is 0 Å². The summed E-state index contributed by atoms with van der Waals surface area (Å²) in [5.74, 6) is 2.33. The molecule has 1 aliphatic carbocycles. The van der Waals surface area contributed by atoms with E-state index in [1.807, 2.05) is 6.07 Å². The molecule has 1 fully saturated rings. The van der Waals surface area contributed by atoms with Crippen molar-refractivity contribution in [2.24, 2.45) is 5.92 Å². The molecule has 0 saturated heterocycles. The van der Waals surface area contributed by atoms with Crippen molar-refractivity contribution in [1.29, 1.82) is 0 Å². The van der Waals surface area contributed by atoms with Gasteiger partial charge in [0.2, 0.25) is 0 Å². The van der Waals surface area contributed by atoms with Gasteiger partial charge in [-0.1, -0.05) is 31.5 Å². The summed E-state index contributed by atoms with van der Waals surface area (Å²) in [6.45, 7) is 4.41. The van der Waals surface area contributed by atoms with Gasteiger partial charge in [-0.15, -0.1) is 11.6 Å². The molecule has 0 aromatic heterocycles. The van der Waals surface area contributed by atoms with Crippen molar-refractivity contribution in [2.75, 3.05) is 0 Å². The quantitative estimate of drug-likeness (QED) is 0.709. The summed E-state index contributed by atoms with van der Waals surface area (Å²) in [5, 5.41) is 0. The molecule has 17 heavy (non-hydrogen) atoms. The van der Waals surface area contributed by atoms with E-state index in [1.54, 1.807) is 0 Å². The fourth-order valence-electron chi connectivity index (χ4n) is 2.64. The summed E-state index contributed by atoms with van der Waals surface area (Å²) < 4.78 is 6.19. The van der Waals surface area contributed by atoms with E-state index in [4.69, 9.17) is 16.3 Å². The maximum absolute atomic E-state index is 6.19. The van der Waals surface area contributed by atoms with Crippen LogP contribution in [0.4, 0.5) is 0 Å². The Morgan fingerprint density at radius 2 is 2.18 bits per heavy atom. The van der Waals surface area contributed by atoms with Crippen molar-refractivity contribution in [2.45, 2.75) is 51.5 Å². The summed E-state index contributed by atoms with van der Waals surface area (Å²) in [7, 11) is 0. The molecular weight excluding hydrogens is 232 g/mol. The second kappa shape index (κ2) is 5.77. The summed E-state index contributed by atoms with van der Waals surface area (Å²) in [6.07, 6.45) is 5.36. The summed E-state index contributed by atoms with van der Waals surface area (Å²) >= 11 is 5.97. The Bertz CT molecular complexity index is 375. The molecule has 0 bridgehead atoms. The van der Waals surface area contributed by atoms with E-state index in [0.29, 0.717) is 12.0 Å². The van der Waals surface area contributed by atoms with Gasteiger partial charge >= 0.3 is 0 Å². The SMILES string of the molecule is Cc1cccc(CCl)c1OC1CCCC(C)C1. The molecule has 0 radical (unpaired) electrons. The predicted molar refractivity (Wildman–Crippen MR) is 72.8 cm³/mol. The van der Waals surface area contributed by atoms with Gasteiger partial charge in [0.05, 0.1) is 12.0 Å². The summed E-state index contributed by atoms with van der Waals surface area (Å²) in [4.78, 5) is 0. The lowest BCUT2D eigenvalue weighted by atomic mass is 9.88. The highest BCUT2D eigenvalue weighted by molar-refractivity contribution is 6.17. The van der Waals surface area contributed by atoms with Gasteiger partial charge in [0.15, 0.2) is 0 Å². The molecule has 0 heterocycles. The minimum atomic E-state index is 0.377. The van der Waals surface area contributed by atoms with Crippen molar-refractivity contribution < 1.29 is 4.74 Å². The molecule has 1 aromatic carbocycles. The predicted octanol–water partition coefficient (Wildman–Crippen LogP) is 4.69. The second-order valence-electron chi connectivity index (χ2n) is 5.21. The first-order chi connectivity index (χ1) is 8.20. The number of hydrogen-bond donors (Lipinski definition) is 0. The van der Waals surface area contributed by atoms with Gasteiger partial charge in [0.25, 0.3) is 0 Å². The van der Waals surface area contributed by atoms with Crippen molar-refractivity contribution in [3.8, 4) is 5.75 Å². The van der Waals surface area contributed by atoms with E-state index in [1.165, 1.54) is 31.2 Å². The number of aryl methyl sites for hydroxylation is 1. The minimum absolute atomic E-state index is 0.377. The molecule has 2 atom stereocenters. The van der Waals surface area contributed by atoms with Crippen LogP contribution in [-0.2, 0) is 5.88 Å². The Labute approximate surface area is 109 Å². The molecule has 0 aliphatic heterocycles. The molecule has 2 heteroatoms. The molecule has 0 N–H and O–H groups in total. The number of alkyl halides is 1. The number of para-hydroxylation sites is 1. The van der Waals surface area contributed by atoms with Crippen molar-refractivity contribution in [3.63, 3.8) is 0 Å². The smallest absolute Gasteiger partial charge is 0.127 e. The van der Waals surface area contributed by atoms with Gasteiger partial charge < -0.3 is 4.74 Å². The maximum atomic E-state index is 6.19. The molecule has 0 spiro atoms. The van der Waals surface area contributed by atoms with Gasteiger partial charge in [-0.2, -0.15) is 0 Å². The lowest BCUT2D eigenvalue weighted by Crippen LogP contribution is -2.24. The van der Waals surface area contributed by atoms with E-state index >= 15 is 0 Å². The van der Waals surface area contributed by atoms with Crippen LogP contribution in [0, 0.1) is 12.8 Å². The minimum Gasteiger partial charge on any atom is -0.490 e. The van der Waals surface area contributed by atoms with Gasteiger partial charge in [-0.05, 0) is 37.7 Å². The molecule has 1 nitrogen and oxygen atoms in total. The number of benzene rings is 1. The van der Waals surface area contributed by atoms with Crippen molar-refractivity contribution in [3.05, 3.63) is 29.3 Å². The van der Waals surface area contributed by atoms with Crippen molar-refractivity contribution in [1.82, 2.24) is 0 Å². The van der Waals surface area contributed by atoms with Crippen molar-refractivity contribution >= 4 is 11.6 Å². The molecule has 0 amide bonds. The van der Waals surface area contributed by atoms with Crippen LogP contribution in [0.5, 0.6) is 5.75 Å². The molecule has 1 saturated carbocycles. The van der Waals surface area contributed by atoms with E-state index in [-0.39, 0.29) is 0 Å². The maximum Gasteiger partial charge on any atom is 0.127 e. The fraction of sp³-hybridized carbons (Fsp3) is 0.600. The third-order valence-electron chi connectivity index (χ3n) is 3.61. The Morgan fingerprint density at radius 1 is 1.35 bits per heavy atom. The molecule has 2 rings (SSSR count). The third kappa shape index (κ3) is 3.16. The number of rotatable bonds is 3. The van der Waals surface area contributed by atoms with E-state index in [9.17, 15) is 0 Å². The Balaban J connectivity index is 2.12. The Morgan fingerprint density at radius 3 is 2.88 bits per heavy atom. The van der Waals surface area contributed by atoms with Gasteiger partial charge in [-0.25, -0.2) is 0 Å². The van der Waals surface area contributed by atoms with Gasteiger partial charge in [0, 0.05) is 5.56 Å². The highest BCUT2D eigenvalue weighted by Crippen LogP contribution is 2.31. The van der Waals surface area contributed by atoms with E-state index in [0.717, 1.165) is 17.2 Å². The highest BCUT2D eigenvalue weighted by atomic mass is 35.5. The van der Waals surface area contributed by atoms with Crippen LogP contribution >= 0.6 is 11.6 Å². The first-order valence-electron chi connectivity index (χ1n) is 6.52. The lowest BCUT2D eigenvalue weighted by Gasteiger charge is -2.28. The van der Waals surface area contributed by atoms with Crippen LogP contribution < -0.4 is 4.74 Å². The Hall–Kier alpha value is -0.690. The lowest BCUT2D eigenvalue weighted by molar-refractivity contribution is 0.127. The molecular formula is C15H21ClO. The fourth-order valence-corrected chi connectivity index (χ4v) is 2.85.